The van der Waals surface area contributed by atoms with Crippen LogP contribution in [-0.2, 0) is 0 Å². The highest BCUT2D eigenvalue weighted by Crippen LogP contribution is 2.46. The number of allylic oxidation sites excluding steroid dienone is 1. The minimum atomic E-state index is -3.84. The number of benzene rings is 1. The van der Waals surface area contributed by atoms with E-state index in [1.54, 1.807) is 19.2 Å². The fourth-order valence-corrected chi connectivity index (χ4v) is 4.75. The Kier molecular flexibility index (Phi) is 5.52. The molecule has 2 N–H and O–H groups in total. The van der Waals surface area contributed by atoms with Gasteiger partial charge in [0.05, 0.1) is 18.9 Å². The van der Waals surface area contributed by atoms with Gasteiger partial charge in [-0.05, 0) is 55.6 Å². The minimum Gasteiger partial charge on any atom is -0.494 e. The summed E-state index contributed by atoms with van der Waals surface area (Å²) in [5, 5.41) is 6.83. The van der Waals surface area contributed by atoms with E-state index in [1.807, 2.05) is 0 Å². The van der Waals surface area contributed by atoms with Crippen molar-refractivity contribution in [3.8, 4) is 40.2 Å². The van der Waals surface area contributed by atoms with Crippen LogP contribution in [0.4, 0.5) is 8.78 Å². The van der Waals surface area contributed by atoms with Crippen molar-refractivity contribution in [2.75, 3.05) is 7.11 Å². The number of amides is 1. The number of nitrogens with zero attached hydrogens (tertiary/aromatic N) is 3. The second-order valence-corrected chi connectivity index (χ2v) is 9.63. The SMILES string of the molecule is COc1cnc(C)cc1-c1cc2c(cc1C(=O)NC1=NC3NC=C(C#CC4CC4)N=C3S1)OC(F)(F)O2. The molecule has 37 heavy (non-hydrogen) atoms. The summed E-state index contributed by atoms with van der Waals surface area (Å²) in [6.45, 7) is 1.76. The molecule has 1 fully saturated rings. The van der Waals surface area contributed by atoms with Crippen LogP contribution < -0.4 is 24.8 Å². The quantitative estimate of drug-likeness (QED) is 0.590. The molecule has 1 amide bonds. The van der Waals surface area contributed by atoms with Crippen molar-refractivity contribution in [3.63, 3.8) is 0 Å². The third-order valence-corrected chi connectivity index (χ3v) is 6.72. The lowest BCUT2D eigenvalue weighted by molar-refractivity contribution is -0.286. The van der Waals surface area contributed by atoms with Crippen LogP contribution >= 0.6 is 11.8 Å². The van der Waals surface area contributed by atoms with Crippen molar-refractivity contribution in [2.45, 2.75) is 32.2 Å². The first kappa shape index (κ1) is 23.3. The van der Waals surface area contributed by atoms with Crippen LogP contribution in [0.15, 0.2) is 46.3 Å². The zero-order valence-electron chi connectivity index (χ0n) is 19.6. The Morgan fingerprint density at radius 3 is 2.78 bits per heavy atom. The molecule has 3 aliphatic heterocycles. The summed E-state index contributed by atoms with van der Waals surface area (Å²) in [5.41, 5.74) is 2.09. The number of hydrogen-bond donors (Lipinski definition) is 2. The first-order valence-corrected chi connectivity index (χ1v) is 12.2. The summed E-state index contributed by atoms with van der Waals surface area (Å²) >= 11 is 1.19. The number of fused-ring (bicyclic) bond motifs is 2. The summed E-state index contributed by atoms with van der Waals surface area (Å²) in [6.07, 6.45) is 1.15. The largest absolute Gasteiger partial charge is 0.586 e. The maximum Gasteiger partial charge on any atom is 0.586 e. The van der Waals surface area contributed by atoms with Gasteiger partial charge in [-0.15, -0.1) is 8.78 Å². The lowest BCUT2D eigenvalue weighted by Gasteiger charge is -2.14. The number of aliphatic imine (C=N–C) groups is 2. The van der Waals surface area contributed by atoms with Crippen LogP contribution in [0, 0.1) is 24.7 Å². The molecular weight excluding hydrogens is 504 g/mol. The minimum absolute atomic E-state index is 0.0612. The standard InChI is InChI=1S/C25H19F2N5O4S/c1-12-7-16(20(34-2)11-28-12)15-8-18-19(36-25(26,27)35-18)9-17(15)22(33)32-24-31-21-23(37-24)30-14(10-29-21)6-5-13-3-4-13/h7-11,13,21,29H,3-4H2,1-2H3,(H,31,32,33). The third-order valence-electron chi connectivity index (χ3n) is 5.79. The highest BCUT2D eigenvalue weighted by molar-refractivity contribution is 8.27. The van der Waals surface area contributed by atoms with E-state index < -0.39 is 18.4 Å². The molecule has 0 saturated heterocycles. The van der Waals surface area contributed by atoms with Crippen molar-refractivity contribution in [1.29, 1.82) is 0 Å². The lowest BCUT2D eigenvalue weighted by atomic mass is 9.97. The molecule has 188 valence electrons. The van der Waals surface area contributed by atoms with E-state index in [0.29, 0.717) is 44.4 Å². The second-order valence-electron chi connectivity index (χ2n) is 8.62. The van der Waals surface area contributed by atoms with Crippen molar-refractivity contribution >= 4 is 27.9 Å². The predicted molar refractivity (Wildman–Crippen MR) is 133 cm³/mol. The highest BCUT2D eigenvalue weighted by atomic mass is 32.2. The lowest BCUT2D eigenvalue weighted by Crippen LogP contribution is -2.30. The van der Waals surface area contributed by atoms with Gasteiger partial charge in [0.2, 0.25) is 0 Å². The summed E-state index contributed by atoms with van der Waals surface area (Å²) in [7, 11) is 1.45. The monoisotopic (exact) mass is 523 g/mol. The number of aryl methyl sites for hydroxylation is 1. The van der Waals surface area contributed by atoms with E-state index in [2.05, 4.69) is 46.9 Å². The number of thioether (sulfide) groups is 1. The molecule has 1 aromatic heterocycles. The Bertz CT molecular complexity index is 1490. The zero-order valence-corrected chi connectivity index (χ0v) is 20.4. The molecule has 1 aliphatic carbocycles. The number of nitrogens with one attached hydrogen (secondary N) is 2. The maximum atomic E-state index is 13.8. The van der Waals surface area contributed by atoms with Crippen LogP contribution in [0.5, 0.6) is 17.2 Å². The molecule has 9 nitrogen and oxygen atoms in total. The Hall–Kier alpha value is -4.11. The highest BCUT2D eigenvalue weighted by Gasteiger charge is 2.44. The smallest absolute Gasteiger partial charge is 0.494 e. The third kappa shape index (κ3) is 4.70. The average Bonchev–Trinajstić information content (AvgIpc) is 3.52. The van der Waals surface area contributed by atoms with Crippen molar-refractivity contribution < 1.29 is 27.8 Å². The summed E-state index contributed by atoms with van der Waals surface area (Å²) in [4.78, 5) is 26.7. The number of aromatic nitrogens is 1. The zero-order chi connectivity index (χ0) is 25.7. The molecule has 0 spiro atoms. The molecule has 2 aromatic rings. The fraction of sp³-hybridized carbons (Fsp3) is 0.280. The first-order valence-electron chi connectivity index (χ1n) is 11.4. The van der Waals surface area contributed by atoms with Gasteiger partial charge in [0, 0.05) is 28.9 Å². The van der Waals surface area contributed by atoms with Gasteiger partial charge in [0.15, 0.2) is 22.8 Å². The molecule has 1 aromatic carbocycles. The van der Waals surface area contributed by atoms with Gasteiger partial charge in [-0.2, -0.15) is 0 Å². The van der Waals surface area contributed by atoms with Gasteiger partial charge in [0.1, 0.15) is 16.5 Å². The number of pyridine rings is 1. The molecule has 1 saturated carbocycles. The Labute approximate surface area is 214 Å². The predicted octanol–water partition coefficient (Wildman–Crippen LogP) is 3.80. The summed E-state index contributed by atoms with van der Waals surface area (Å²) in [6, 6.07) is 4.23. The molecule has 12 heteroatoms. The van der Waals surface area contributed by atoms with Crippen LogP contribution in [0.3, 0.4) is 0 Å². The molecule has 4 aliphatic rings. The number of carbonyl (C=O) groups is 1. The van der Waals surface area contributed by atoms with Gasteiger partial charge in [-0.25, -0.2) is 9.98 Å². The van der Waals surface area contributed by atoms with E-state index >= 15 is 0 Å². The van der Waals surface area contributed by atoms with Gasteiger partial charge in [-0.3, -0.25) is 9.78 Å². The van der Waals surface area contributed by atoms with Gasteiger partial charge >= 0.3 is 6.29 Å². The van der Waals surface area contributed by atoms with Gasteiger partial charge < -0.3 is 24.8 Å². The van der Waals surface area contributed by atoms with Gasteiger partial charge in [-0.1, -0.05) is 5.92 Å². The Morgan fingerprint density at radius 2 is 2.03 bits per heavy atom. The van der Waals surface area contributed by atoms with E-state index in [1.165, 1.54) is 37.2 Å². The first-order chi connectivity index (χ1) is 17.8. The van der Waals surface area contributed by atoms with E-state index in [-0.39, 0.29) is 17.1 Å². The normalized spacial score (nSPS) is 20.4. The van der Waals surface area contributed by atoms with Crippen molar-refractivity contribution in [3.05, 3.63) is 47.6 Å². The van der Waals surface area contributed by atoms with E-state index in [4.69, 9.17) is 4.74 Å². The molecule has 4 heterocycles. The number of halogens is 2. The number of methoxy groups -OCH3 is 1. The van der Waals surface area contributed by atoms with Crippen molar-refractivity contribution in [2.24, 2.45) is 15.9 Å². The number of alkyl halides is 2. The number of rotatable bonds is 3. The van der Waals surface area contributed by atoms with Crippen LogP contribution in [0.1, 0.15) is 28.9 Å². The van der Waals surface area contributed by atoms with Crippen molar-refractivity contribution in [1.82, 2.24) is 15.6 Å². The van der Waals surface area contributed by atoms with E-state index in [0.717, 1.165) is 12.8 Å². The van der Waals surface area contributed by atoms with Crippen LogP contribution in [-0.4, -0.2) is 40.7 Å². The second kappa shape index (κ2) is 8.77. The molecular formula is C25H19F2N5O4S. The number of amidine groups is 1. The summed E-state index contributed by atoms with van der Waals surface area (Å²) in [5.74, 6) is 5.98. The van der Waals surface area contributed by atoms with Crippen LogP contribution in [0.2, 0.25) is 0 Å². The molecule has 6 rings (SSSR count). The number of ether oxygens (including phenoxy) is 3. The molecule has 0 radical (unpaired) electrons. The van der Waals surface area contributed by atoms with Gasteiger partial charge in [0.25, 0.3) is 5.91 Å². The molecule has 1 unspecified atom stereocenters. The maximum absolute atomic E-state index is 13.8. The fourth-order valence-electron chi connectivity index (χ4n) is 3.87. The Morgan fingerprint density at radius 1 is 1.24 bits per heavy atom. The number of carbonyl (C=O) groups excluding carboxylic acids is 1. The number of hydrogen-bond acceptors (Lipinski definition) is 9. The average molecular weight is 524 g/mol. The Balaban J connectivity index is 1.30. The van der Waals surface area contributed by atoms with E-state index in [9.17, 15) is 13.6 Å². The molecule has 1 atom stereocenters. The topological polar surface area (TPSA) is 106 Å². The summed E-state index contributed by atoms with van der Waals surface area (Å²) < 4.78 is 42.3. The molecule has 0 bridgehead atoms. The van der Waals surface area contributed by atoms with Crippen LogP contribution in [0.25, 0.3) is 11.1 Å².